The summed E-state index contributed by atoms with van der Waals surface area (Å²) in [6, 6.07) is 10.8. The van der Waals surface area contributed by atoms with Gasteiger partial charge in [0.05, 0.1) is 0 Å². The molecule has 0 aliphatic carbocycles. The van der Waals surface area contributed by atoms with Gasteiger partial charge in [0.1, 0.15) is 0 Å². The molecule has 1 aliphatic rings. The number of amides is 2. The number of piperidine rings is 1. The van der Waals surface area contributed by atoms with Crippen LogP contribution in [0.1, 0.15) is 30.2 Å². The van der Waals surface area contributed by atoms with Crippen molar-refractivity contribution in [2.24, 2.45) is 0 Å². The fraction of sp³-hybridized carbons (Fsp3) is 0.286. The van der Waals surface area contributed by atoms with Gasteiger partial charge in [0, 0.05) is 36.3 Å². The molecule has 0 bridgehead atoms. The zero-order valence-electron chi connectivity index (χ0n) is 15.9. The van der Waals surface area contributed by atoms with Crippen molar-refractivity contribution in [2.75, 3.05) is 18.4 Å². The summed E-state index contributed by atoms with van der Waals surface area (Å²) in [7, 11) is 0. The maximum Gasteiger partial charge on any atom is 0.321 e. The van der Waals surface area contributed by atoms with Crippen LogP contribution in [-0.2, 0) is 0 Å². The van der Waals surface area contributed by atoms with Crippen LogP contribution < -0.4 is 5.32 Å². The quantitative estimate of drug-likeness (QED) is 0.692. The zero-order chi connectivity index (χ0) is 20.4. The van der Waals surface area contributed by atoms with Crippen LogP contribution in [-0.4, -0.2) is 34.2 Å². The predicted molar refractivity (Wildman–Crippen MR) is 103 cm³/mol. The number of hydrogen-bond acceptors (Lipinski definition) is 4. The second kappa shape index (κ2) is 7.98. The van der Waals surface area contributed by atoms with E-state index in [1.165, 1.54) is 6.07 Å². The lowest BCUT2D eigenvalue weighted by Gasteiger charge is -2.30. The van der Waals surface area contributed by atoms with Gasteiger partial charge in [-0.25, -0.2) is 13.6 Å². The lowest BCUT2D eigenvalue weighted by Crippen LogP contribution is -2.40. The summed E-state index contributed by atoms with van der Waals surface area (Å²) in [4.78, 5) is 18.5. The number of hydrogen-bond donors (Lipinski definition) is 1. The molecule has 0 saturated carbocycles. The van der Waals surface area contributed by atoms with E-state index in [4.69, 9.17) is 4.52 Å². The number of benzene rings is 2. The number of aryl methyl sites for hydroxylation is 1. The molecule has 0 unspecified atom stereocenters. The van der Waals surface area contributed by atoms with E-state index >= 15 is 0 Å². The SMILES string of the molecule is Cc1ccc(-c2noc(C3CCN(C(=O)Nc4ccc(F)c(F)c4)CC3)n2)cc1. The number of likely N-dealkylation sites (tertiary alicyclic amines) is 1. The van der Waals surface area contributed by atoms with Crippen LogP contribution in [0.25, 0.3) is 11.4 Å². The minimum absolute atomic E-state index is 0.0778. The number of aromatic nitrogens is 2. The summed E-state index contributed by atoms with van der Waals surface area (Å²) in [5, 5.41) is 6.66. The summed E-state index contributed by atoms with van der Waals surface area (Å²) in [6.45, 7) is 3.02. The second-order valence-corrected chi connectivity index (χ2v) is 7.14. The van der Waals surface area contributed by atoms with Crippen LogP contribution >= 0.6 is 0 Å². The molecule has 1 N–H and O–H groups in total. The number of nitrogens with one attached hydrogen (secondary N) is 1. The van der Waals surface area contributed by atoms with Crippen molar-refractivity contribution in [1.29, 1.82) is 0 Å². The van der Waals surface area contributed by atoms with E-state index in [0.717, 1.165) is 23.3 Å². The molecule has 2 aromatic carbocycles. The van der Waals surface area contributed by atoms with Crippen molar-refractivity contribution in [3.05, 3.63) is 65.6 Å². The number of carbonyl (C=O) groups is 1. The van der Waals surface area contributed by atoms with Crippen molar-refractivity contribution in [3.8, 4) is 11.4 Å². The summed E-state index contributed by atoms with van der Waals surface area (Å²) < 4.78 is 31.7. The molecule has 0 radical (unpaired) electrons. The molecule has 0 spiro atoms. The van der Waals surface area contributed by atoms with Crippen LogP contribution in [0, 0.1) is 18.6 Å². The summed E-state index contributed by atoms with van der Waals surface area (Å²) >= 11 is 0. The van der Waals surface area contributed by atoms with Gasteiger partial charge < -0.3 is 14.7 Å². The van der Waals surface area contributed by atoms with Crippen molar-refractivity contribution < 1.29 is 18.1 Å². The molecular formula is C21H20F2N4O2. The van der Waals surface area contributed by atoms with E-state index in [2.05, 4.69) is 15.5 Å². The molecule has 150 valence electrons. The normalized spacial score (nSPS) is 14.8. The Hall–Kier alpha value is -3.29. The molecule has 2 heterocycles. The number of halogens is 2. The van der Waals surface area contributed by atoms with E-state index in [1.54, 1.807) is 4.90 Å². The monoisotopic (exact) mass is 398 g/mol. The van der Waals surface area contributed by atoms with Gasteiger partial charge in [-0.2, -0.15) is 4.98 Å². The van der Waals surface area contributed by atoms with E-state index < -0.39 is 11.6 Å². The Bertz CT molecular complexity index is 1010. The van der Waals surface area contributed by atoms with Crippen LogP contribution in [0.5, 0.6) is 0 Å². The maximum absolute atomic E-state index is 13.3. The number of urea groups is 1. The highest BCUT2D eigenvalue weighted by atomic mass is 19.2. The summed E-state index contributed by atoms with van der Waals surface area (Å²) in [6.07, 6.45) is 1.36. The van der Waals surface area contributed by atoms with E-state index in [0.29, 0.717) is 37.6 Å². The van der Waals surface area contributed by atoms with Gasteiger partial charge in [-0.15, -0.1) is 0 Å². The topological polar surface area (TPSA) is 71.3 Å². The Kier molecular flexibility index (Phi) is 5.24. The van der Waals surface area contributed by atoms with Gasteiger partial charge in [-0.05, 0) is 31.9 Å². The van der Waals surface area contributed by atoms with Crippen molar-refractivity contribution in [3.63, 3.8) is 0 Å². The fourth-order valence-electron chi connectivity index (χ4n) is 3.33. The standard InChI is InChI=1S/C21H20F2N4O2/c1-13-2-4-14(5-3-13)19-25-20(29-26-19)15-8-10-27(11-9-15)21(28)24-16-6-7-17(22)18(23)12-16/h2-7,12,15H,8-11H2,1H3,(H,24,28). The summed E-state index contributed by atoms with van der Waals surface area (Å²) in [5.41, 5.74) is 2.27. The number of anilines is 1. The average Bonchev–Trinajstić information content (AvgIpc) is 3.21. The predicted octanol–water partition coefficient (Wildman–Crippen LogP) is 4.73. The lowest BCUT2D eigenvalue weighted by molar-refractivity contribution is 0.187. The molecular weight excluding hydrogens is 378 g/mol. The van der Waals surface area contributed by atoms with Crippen LogP contribution in [0.15, 0.2) is 47.0 Å². The fourth-order valence-corrected chi connectivity index (χ4v) is 3.33. The Morgan fingerprint density at radius 1 is 1.10 bits per heavy atom. The average molecular weight is 398 g/mol. The van der Waals surface area contributed by atoms with Crippen LogP contribution in [0.2, 0.25) is 0 Å². The number of nitrogens with zero attached hydrogens (tertiary/aromatic N) is 3. The molecule has 8 heteroatoms. The highest BCUT2D eigenvalue weighted by Crippen LogP contribution is 2.29. The minimum Gasteiger partial charge on any atom is -0.339 e. The van der Waals surface area contributed by atoms with Gasteiger partial charge in [-0.1, -0.05) is 35.0 Å². The first-order valence-electron chi connectivity index (χ1n) is 9.41. The Balaban J connectivity index is 1.35. The molecule has 4 rings (SSSR count). The Morgan fingerprint density at radius 2 is 1.83 bits per heavy atom. The van der Waals surface area contributed by atoms with Crippen LogP contribution in [0.3, 0.4) is 0 Å². The van der Waals surface area contributed by atoms with E-state index in [1.807, 2.05) is 31.2 Å². The first kappa shape index (κ1) is 19.0. The van der Waals surface area contributed by atoms with Gasteiger partial charge in [0.15, 0.2) is 11.6 Å². The third kappa shape index (κ3) is 4.26. The molecule has 0 atom stereocenters. The molecule has 2 amide bonds. The van der Waals surface area contributed by atoms with Crippen molar-refractivity contribution >= 4 is 11.7 Å². The van der Waals surface area contributed by atoms with Crippen molar-refractivity contribution in [2.45, 2.75) is 25.7 Å². The molecule has 29 heavy (non-hydrogen) atoms. The molecule has 6 nitrogen and oxygen atoms in total. The zero-order valence-corrected chi connectivity index (χ0v) is 15.9. The first-order chi connectivity index (χ1) is 14.0. The third-order valence-corrected chi connectivity index (χ3v) is 5.05. The summed E-state index contributed by atoms with van der Waals surface area (Å²) in [5.74, 6) is -0.746. The van der Waals surface area contributed by atoms with E-state index in [-0.39, 0.29) is 17.6 Å². The third-order valence-electron chi connectivity index (χ3n) is 5.05. The molecule has 3 aromatic rings. The molecule has 1 aromatic heterocycles. The minimum atomic E-state index is -0.998. The molecule has 1 aliphatic heterocycles. The number of carbonyl (C=O) groups excluding carboxylic acids is 1. The van der Waals surface area contributed by atoms with Gasteiger partial charge in [-0.3, -0.25) is 0 Å². The van der Waals surface area contributed by atoms with E-state index in [9.17, 15) is 13.6 Å². The molecule has 1 fully saturated rings. The Morgan fingerprint density at radius 3 is 2.52 bits per heavy atom. The second-order valence-electron chi connectivity index (χ2n) is 7.14. The van der Waals surface area contributed by atoms with Crippen molar-refractivity contribution in [1.82, 2.24) is 15.0 Å². The highest BCUT2D eigenvalue weighted by Gasteiger charge is 2.27. The smallest absolute Gasteiger partial charge is 0.321 e. The lowest BCUT2D eigenvalue weighted by atomic mass is 9.97. The first-order valence-corrected chi connectivity index (χ1v) is 9.41. The maximum atomic E-state index is 13.3. The number of rotatable bonds is 3. The molecule has 1 saturated heterocycles. The largest absolute Gasteiger partial charge is 0.339 e. The van der Waals surface area contributed by atoms with Gasteiger partial charge >= 0.3 is 6.03 Å². The van der Waals surface area contributed by atoms with Crippen LogP contribution in [0.4, 0.5) is 19.3 Å². The highest BCUT2D eigenvalue weighted by molar-refractivity contribution is 5.89. The Labute approximate surface area is 166 Å². The van der Waals surface area contributed by atoms with Gasteiger partial charge in [0.25, 0.3) is 0 Å². The van der Waals surface area contributed by atoms with Gasteiger partial charge in [0.2, 0.25) is 11.7 Å².